The molecule has 0 spiro atoms. The number of nitrogens with two attached hydrogens (primary N) is 1. The van der Waals surface area contributed by atoms with Crippen molar-refractivity contribution in [3.63, 3.8) is 0 Å². The Morgan fingerprint density at radius 3 is 1.96 bits per heavy atom. The topological polar surface area (TPSA) is 77.2 Å². The first-order chi connectivity index (χ1) is 12.8. The van der Waals surface area contributed by atoms with Gasteiger partial charge >= 0.3 is 0 Å². The zero-order valence-corrected chi connectivity index (χ0v) is 15.2. The molecule has 132 valence electrons. The van der Waals surface area contributed by atoms with Gasteiger partial charge < -0.3 is 15.4 Å². The summed E-state index contributed by atoms with van der Waals surface area (Å²) in [5.74, 6) is 0.894. The Hall–Kier alpha value is -2.56. The van der Waals surface area contributed by atoms with Crippen LogP contribution in [0.25, 0.3) is 0 Å². The van der Waals surface area contributed by atoms with Gasteiger partial charge in [0.25, 0.3) is 0 Å². The van der Waals surface area contributed by atoms with Gasteiger partial charge in [0.05, 0.1) is 13.2 Å². The quantitative estimate of drug-likeness (QED) is 0.697. The minimum atomic E-state index is -0.900. The average Bonchev–Trinajstić information content (AvgIpc) is 2.70. The van der Waals surface area contributed by atoms with Gasteiger partial charge in [0.15, 0.2) is 5.57 Å². The van der Waals surface area contributed by atoms with E-state index in [-0.39, 0.29) is 5.95 Å². The third-order valence-electron chi connectivity index (χ3n) is 4.15. The maximum Gasteiger partial charge on any atom is 0.230 e. The molecule has 1 aliphatic rings. The van der Waals surface area contributed by atoms with Gasteiger partial charge in [-0.1, -0.05) is 60.7 Å². The predicted molar refractivity (Wildman–Crippen MR) is 106 cm³/mol. The molecule has 26 heavy (non-hydrogen) atoms. The van der Waals surface area contributed by atoms with Crippen LogP contribution in [0, 0.1) is 0 Å². The van der Waals surface area contributed by atoms with E-state index in [1.54, 1.807) is 0 Å². The van der Waals surface area contributed by atoms with Crippen LogP contribution in [0.15, 0.2) is 60.7 Å². The minimum absolute atomic E-state index is 0.260. The van der Waals surface area contributed by atoms with Gasteiger partial charge in [0, 0.05) is 21.0 Å². The molecule has 0 saturated carbocycles. The summed E-state index contributed by atoms with van der Waals surface area (Å²) in [6.45, 7) is 2.87. The van der Waals surface area contributed by atoms with Crippen molar-refractivity contribution in [2.45, 2.75) is 0 Å². The zero-order chi connectivity index (χ0) is 17.8. The second-order valence-electron chi connectivity index (χ2n) is 5.90. The Bertz CT molecular complexity index is 817. The molecule has 0 radical (unpaired) electrons. The Labute approximate surface area is 153 Å². The number of benzene rings is 2. The van der Waals surface area contributed by atoms with Crippen LogP contribution in [0.1, 0.15) is 0 Å². The standard InChI is InChI=1S/C19H20N5OP/c20-17-21-18(24-11-13-25-14-12-24)23-19(22-17)26(15-7-3-1-4-8-15)16-9-5-2-6-10-16/h1-10H,11-14H2,(H2,20,21,22,23). The third-order valence-corrected chi connectivity index (χ3v) is 6.38. The maximum absolute atomic E-state index is 6.05. The van der Waals surface area contributed by atoms with E-state index in [2.05, 4.69) is 39.1 Å². The molecule has 1 aromatic heterocycles. The van der Waals surface area contributed by atoms with Crippen molar-refractivity contribution in [2.24, 2.45) is 0 Å². The lowest BCUT2D eigenvalue weighted by Crippen LogP contribution is -2.39. The molecule has 4 rings (SSSR count). The lowest BCUT2D eigenvalue weighted by molar-refractivity contribution is 0.122. The number of rotatable bonds is 4. The molecule has 1 saturated heterocycles. The molecule has 1 fully saturated rings. The van der Waals surface area contributed by atoms with Gasteiger partial charge in [-0.3, -0.25) is 0 Å². The number of ether oxygens (including phenoxy) is 1. The molecule has 0 bridgehead atoms. The first-order valence-corrected chi connectivity index (χ1v) is 9.90. The van der Waals surface area contributed by atoms with E-state index >= 15 is 0 Å². The number of anilines is 2. The number of nitrogen functional groups attached to an aromatic ring is 1. The molecule has 3 aromatic rings. The largest absolute Gasteiger partial charge is 0.378 e. The highest BCUT2D eigenvalue weighted by Crippen LogP contribution is 2.31. The summed E-state index contributed by atoms with van der Waals surface area (Å²) in [5.41, 5.74) is 6.78. The van der Waals surface area contributed by atoms with Crippen molar-refractivity contribution in [1.29, 1.82) is 0 Å². The smallest absolute Gasteiger partial charge is 0.230 e. The molecule has 0 atom stereocenters. The summed E-state index contributed by atoms with van der Waals surface area (Å²) in [7, 11) is -0.900. The second kappa shape index (κ2) is 7.77. The van der Waals surface area contributed by atoms with Crippen molar-refractivity contribution >= 4 is 36.0 Å². The number of nitrogens with zero attached hydrogens (tertiary/aromatic N) is 4. The molecule has 2 N–H and O–H groups in total. The van der Waals surface area contributed by atoms with Crippen molar-refractivity contribution in [3.8, 4) is 0 Å². The molecule has 6 nitrogen and oxygen atoms in total. The number of hydrogen-bond acceptors (Lipinski definition) is 6. The lowest BCUT2D eigenvalue weighted by Gasteiger charge is -2.27. The van der Waals surface area contributed by atoms with Crippen molar-refractivity contribution in [3.05, 3.63) is 60.7 Å². The van der Waals surface area contributed by atoms with Crippen LogP contribution in [-0.2, 0) is 4.74 Å². The monoisotopic (exact) mass is 365 g/mol. The fourth-order valence-electron chi connectivity index (χ4n) is 2.91. The average molecular weight is 365 g/mol. The third kappa shape index (κ3) is 3.66. The van der Waals surface area contributed by atoms with Crippen molar-refractivity contribution < 1.29 is 4.74 Å². The molecule has 2 aromatic carbocycles. The highest BCUT2D eigenvalue weighted by Gasteiger charge is 2.23. The summed E-state index contributed by atoms with van der Waals surface area (Å²) in [6.07, 6.45) is 0. The maximum atomic E-state index is 6.05. The van der Waals surface area contributed by atoms with Crippen LogP contribution >= 0.6 is 7.92 Å². The minimum Gasteiger partial charge on any atom is -0.378 e. The summed E-state index contributed by atoms with van der Waals surface area (Å²) in [4.78, 5) is 15.8. The molecule has 0 unspecified atom stereocenters. The van der Waals surface area contributed by atoms with Crippen molar-refractivity contribution in [2.75, 3.05) is 36.9 Å². The predicted octanol–water partition coefficient (Wildman–Crippen LogP) is 1.05. The van der Waals surface area contributed by atoms with Crippen LogP contribution in [-0.4, -0.2) is 41.3 Å². The van der Waals surface area contributed by atoms with Gasteiger partial charge in [-0.15, -0.1) is 0 Å². The Morgan fingerprint density at radius 2 is 1.38 bits per heavy atom. The molecule has 2 heterocycles. The van der Waals surface area contributed by atoms with Crippen molar-refractivity contribution in [1.82, 2.24) is 15.0 Å². The van der Waals surface area contributed by atoms with Crippen LogP contribution in [0.2, 0.25) is 0 Å². The summed E-state index contributed by atoms with van der Waals surface area (Å²) in [5, 5.41) is 2.37. The summed E-state index contributed by atoms with van der Waals surface area (Å²) in [6, 6.07) is 20.7. The molecule has 1 aliphatic heterocycles. The highest BCUT2D eigenvalue weighted by atomic mass is 31.1. The molecular weight excluding hydrogens is 345 g/mol. The Balaban J connectivity index is 1.79. The van der Waals surface area contributed by atoms with Crippen LogP contribution in [0.5, 0.6) is 0 Å². The van der Waals surface area contributed by atoms with E-state index in [0.29, 0.717) is 19.2 Å². The molecule has 0 amide bonds. The fourth-order valence-corrected chi connectivity index (χ4v) is 5.00. The summed E-state index contributed by atoms with van der Waals surface area (Å²) >= 11 is 0. The number of hydrogen-bond donors (Lipinski definition) is 1. The van der Waals surface area contributed by atoms with Crippen LogP contribution in [0.3, 0.4) is 0 Å². The molecule has 7 heteroatoms. The highest BCUT2D eigenvalue weighted by molar-refractivity contribution is 7.79. The number of morpholine rings is 1. The van der Waals surface area contributed by atoms with E-state index in [4.69, 9.17) is 15.5 Å². The lowest BCUT2D eigenvalue weighted by atomic mass is 10.4. The second-order valence-corrected chi connectivity index (χ2v) is 8.00. The fraction of sp³-hybridized carbons (Fsp3) is 0.211. The van der Waals surface area contributed by atoms with Gasteiger partial charge in [0.2, 0.25) is 11.9 Å². The normalized spacial score (nSPS) is 14.6. The van der Waals surface area contributed by atoms with E-state index in [1.807, 2.05) is 36.4 Å². The van der Waals surface area contributed by atoms with Crippen LogP contribution < -0.4 is 26.8 Å². The van der Waals surface area contributed by atoms with E-state index in [9.17, 15) is 0 Å². The molecule has 0 aliphatic carbocycles. The first-order valence-electron chi connectivity index (χ1n) is 8.56. The van der Waals surface area contributed by atoms with Gasteiger partial charge in [0.1, 0.15) is 0 Å². The van der Waals surface area contributed by atoms with Gasteiger partial charge in [-0.2, -0.15) is 15.0 Å². The summed E-state index contributed by atoms with van der Waals surface area (Å²) < 4.78 is 5.43. The first kappa shape index (κ1) is 16.9. The van der Waals surface area contributed by atoms with Gasteiger partial charge in [-0.25, -0.2) is 0 Å². The Kier molecular flexibility index (Phi) is 5.04. The van der Waals surface area contributed by atoms with E-state index in [1.165, 1.54) is 10.6 Å². The van der Waals surface area contributed by atoms with Gasteiger partial charge in [-0.05, 0) is 10.6 Å². The molecular formula is C19H20N5OP. The SMILES string of the molecule is Nc1nc(N2CCOCC2)nc(P(c2ccccc2)c2ccccc2)n1. The van der Waals surface area contributed by atoms with E-state index < -0.39 is 7.92 Å². The van der Waals surface area contributed by atoms with E-state index in [0.717, 1.165) is 18.7 Å². The van der Waals surface area contributed by atoms with Crippen LogP contribution in [0.4, 0.5) is 11.9 Å². The zero-order valence-electron chi connectivity index (χ0n) is 14.3. The Morgan fingerprint density at radius 1 is 0.808 bits per heavy atom. The number of aromatic nitrogens is 3.